The Morgan fingerprint density at radius 1 is 1.23 bits per heavy atom. The van der Waals surface area contributed by atoms with Gasteiger partial charge in [0.25, 0.3) is 0 Å². The van der Waals surface area contributed by atoms with Gasteiger partial charge in [-0.25, -0.2) is 0 Å². The Bertz CT molecular complexity index is 313. The summed E-state index contributed by atoms with van der Waals surface area (Å²) in [4.78, 5) is 0. The Balaban J connectivity index is 3.01. The summed E-state index contributed by atoms with van der Waals surface area (Å²) in [6.45, 7) is 3.91. The number of hydrogen-bond donors (Lipinski definition) is 2. The number of anilines is 2. The monoisotopic (exact) mass is 244 g/mol. The van der Waals surface area contributed by atoms with Crippen LogP contribution in [0.15, 0.2) is 16.6 Å². The summed E-state index contributed by atoms with van der Waals surface area (Å²) in [6.07, 6.45) is 0.124. The molecule has 0 aliphatic rings. The lowest BCUT2D eigenvalue weighted by atomic mass is 10.2. The number of benzene rings is 1. The van der Waals surface area contributed by atoms with Crippen LogP contribution in [0.25, 0.3) is 0 Å². The van der Waals surface area contributed by atoms with Gasteiger partial charge in [0.1, 0.15) is 5.75 Å². The van der Waals surface area contributed by atoms with Crippen LogP contribution in [0, 0.1) is 0 Å². The third-order valence-electron chi connectivity index (χ3n) is 1.50. The van der Waals surface area contributed by atoms with Crippen molar-refractivity contribution in [2.75, 3.05) is 11.5 Å². The van der Waals surface area contributed by atoms with Gasteiger partial charge >= 0.3 is 0 Å². The molecule has 4 heteroatoms. The molecule has 0 aromatic heterocycles. The van der Waals surface area contributed by atoms with Gasteiger partial charge in [0.15, 0.2) is 0 Å². The maximum absolute atomic E-state index is 5.64. The van der Waals surface area contributed by atoms with E-state index in [-0.39, 0.29) is 6.10 Å². The van der Waals surface area contributed by atoms with Crippen molar-refractivity contribution >= 4 is 27.3 Å². The SMILES string of the molecule is CC(C)Oc1cc(N)c(N)cc1Br. The summed E-state index contributed by atoms with van der Waals surface area (Å²) in [6, 6.07) is 3.46. The van der Waals surface area contributed by atoms with Crippen molar-refractivity contribution in [2.24, 2.45) is 0 Å². The van der Waals surface area contributed by atoms with Gasteiger partial charge < -0.3 is 16.2 Å². The van der Waals surface area contributed by atoms with Crippen LogP contribution < -0.4 is 16.2 Å². The quantitative estimate of drug-likeness (QED) is 0.786. The molecule has 1 aromatic carbocycles. The molecule has 0 bridgehead atoms. The Kier molecular flexibility index (Phi) is 3.03. The van der Waals surface area contributed by atoms with E-state index in [1.54, 1.807) is 12.1 Å². The van der Waals surface area contributed by atoms with E-state index in [4.69, 9.17) is 16.2 Å². The van der Waals surface area contributed by atoms with Crippen LogP contribution in [0.2, 0.25) is 0 Å². The zero-order chi connectivity index (χ0) is 10.0. The average Bonchev–Trinajstić information content (AvgIpc) is 1.99. The number of hydrogen-bond acceptors (Lipinski definition) is 3. The summed E-state index contributed by atoms with van der Waals surface area (Å²) >= 11 is 3.35. The zero-order valence-electron chi connectivity index (χ0n) is 7.67. The average molecular weight is 245 g/mol. The molecule has 13 heavy (non-hydrogen) atoms. The van der Waals surface area contributed by atoms with Crippen LogP contribution in [0.1, 0.15) is 13.8 Å². The molecule has 0 spiro atoms. The van der Waals surface area contributed by atoms with Crippen molar-refractivity contribution in [3.8, 4) is 5.75 Å². The lowest BCUT2D eigenvalue weighted by molar-refractivity contribution is 0.241. The number of halogens is 1. The predicted molar refractivity (Wildman–Crippen MR) is 58.7 cm³/mol. The molecule has 0 unspecified atom stereocenters. The van der Waals surface area contributed by atoms with Crippen LogP contribution in [-0.4, -0.2) is 6.10 Å². The molecule has 0 saturated heterocycles. The van der Waals surface area contributed by atoms with Gasteiger partial charge in [0.2, 0.25) is 0 Å². The summed E-state index contributed by atoms with van der Waals surface area (Å²) < 4.78 is 6.33. The molecule has 0 radical (unpaired) electrons. The van der Waals surface area contributed by atoms with Crippen LogP contribution in [0.3, 0.4) is 0 Å². The topological polar surface area (TPSA) is 61.3 Å². The van der Waals surface area contributed by atoms with E-state index in [0.717, 1.165) is 10.2 Å². The van der Waals surface area contributed by atoms with Crippen LogP contribution in [-0.2, 0) is 0 Å². The van der Waals surface area contributed by atoms with Gasteiger partial charge in [0, 0.05) is 6.07 Å². The maximum Gasteiger partial charge on any atom is 0.136 e. The molecule has 0 heterocycles. The third-order valence-corrected chi connectivity index (χ3v) is 2.12. The second kappa shape index (κ2) is 3.87. The van der Waals surface area contributed by atoms with Crippen molar-refractivity contribution in [3.63, 3.8) is 0 Å². The number of rotatable bonds is 2. The highest BCUT2D eigenvalue weighted by Crippen LogP contribution is 2.32. The molecule has 1 aromatic rings. The van der Waals surface area contributed by atoms with Gasteiger partial charge in [-0.3, -0.25) is 0 Å². The highest BCUT2D eigenvalue weighted by molar-refractivity contribution is 9.10. The van der Waals surface area contributed by atoms with E-state index in [9.17, 15) is 0 Å². The molecule has 0 fully saturated rings. The molecule has 0 saturated carbocycles. The second-order valence-corrected chi connectivity index (χ2v) is 3.93. The molecular formula is C9H13BrN2O. The van der Waals surface area contributed by atoms with E-state index in [0.29, 0.717) is 11.4 Å². The maximum atomic E-state index is 5.64. The largest absolute Gasteiger partial charge is 0.490 e. The molecule has 3 nitrogen and oxygen atoms in total. The first-order chi connectivity index (χ1) is 6.00. The number of ether oxygens (including phenoxy) is 1. The predicted octanol–water partition coefficient (Wildman–Crippen LogP) is 2.40. The first kappa shape index (κ1) is 10.2. The lowest BCUT2D eigenvalue weighted by Crippen LogP contribution is -2.07. The third kappa shape index (κ3) is 2.52. The first-order valence-corrected chi connectivity index (χ1v) is 4.81. The van der Waals surface area contributed by atoms with Crippen LogP contribution in [0.4, 0.5) is 11.4 Å². The van der Waals surface area contributed by atoms with Gasteiger partial charge in [0.05, 0.1) is 22.0 Å². The Morgan fingerprint density at radius 3 is 2.31 bits per heavy atom. The summed E-state index contributed by atoms with van der Waals surface area (Å²) in [5.74, 6) is 0.724. The fourth-order valence-electron chi connectivity index (χ4n) is 0.929. The molecule has 72 valence electrons. The molecule has 4 N–H and O–H groups in total. The molecule has 0 aliphatic carbocycles. The van der Waals surface area contributed by atoms with E-state index in [1.165, 1.54) is 0 Å². The minimum absolute atomic E-state index is 0.124. The van der Waals surface area contributed by atoms with Gasteiger partial charge in [-0.1, -0.05) is 0 Å². The van der Waals surface area contributed by atoms with Crippen LogP contribution in [0.5, 0.6) is 5.75 Å². The fraction of sp³-hybridized carbons (Fsp3) is 0.333. The summed E-state index contributed by atoms with van der Waals surface area (Å²) in [5, 5.41) is 0. The van der Waals surface area contributed by atoms with Gasteiger partial charge in [-0.15, -0.1) is 0 Å². The van der Waals surface area contributed by atoms with E-state index >= 15 is 0 Å². The number of nitrogens with two attached hydrogens (primary N) is 2. The standard InChI is InChI=1S/C9H13BrN2O/c1-5(2)13-9-4-8(12)7(11)3-6(9)10/h3-5H,11-12H2,1-2H3. The van der Waals surface area contributed by atoms with E-state index in [1.807, 2.05) is 13.8 Å². The van der Waals surface area contributed by atoms with Crippen LogP contribution >= 0.6 is 15.9 Å². The minimum Gasteiger partial charge on any atom is -0.490 e. The zero-order valence-corrected chi connectivity index (χ0v) is 9.26. The normalized spacial score (nSPS) is 10.5. The van der Waals surface area contributed by atoms with Gasteiger partial charge in [-0.2, -0.15) is 0 Å². The fourth-order valence-corrected chi connectivity index (χ4v) is 1.38. The summed E-state index contributed by atoms with van der Waals surface area (Å²) in [5.41, 5.74) is 12.3. The molecule has 0 atom stereocenters. The Labute approximate surface area is 86.2 Å². The van der Waals surface area contributed by atoms with E-state index < -0.39 is 0 Å². The van der Waals surface area contributed by atoms with Crippen molar-refractivity contribution in [2.45, 2.75) is 20.0 Å². The Morgan fingerprint density at radius 2 is 1.77 bits per heavy atom. The van der Waals surface area contributed by atoms with Gasteiger partial charge in [-0.05, 0) is 35.8 Å². The molecular weight excluding hydrogens is 232 g/mol. The molecule has 0 aliphatic heterocycles. The minimum atomic E-state index is 0.124. The van der Waals surface area contributed by atoms with Crippen molar-refractivity contribution < 1.29 is 4.74 Å². The van der Waals surface area contributed by atoms with E-state index in [2.05, 4.69) is 15.9 Å². The summed E-state index contributed by atoms with van der Waals surface area (Å²) in [7, 11) is 0. The smallest absolute Gasteiger partial charge is 0.136 e. The first-order valence-electron chi connectivity index (χ1n) is 4.02. The Hall–Kier alpha value is -0.900. The van der Waals surface area contributed by atoms with Crippen molar-refractivity contribution in [3.05, 3.63) is 16.6 Å². The second-order valence-electron chi connectivity index (χ2n) is 3.08. The molecule has 0 amide bonds. The molecule has 1 rings (SSSR count). The highest BCUT2D eigenvalue weighted by atomic mass is 79.9. The highest BCUT2D eigenvalue weighted by Gasteiger charge is 2.06. The lowest BCUT2D eigenvalue weighted by Gasteiger charge is -2.12. The van der Waals surface area contributed by atoms with Crippen molar-refractivity contribution in [1.29, 1.82) is 0 Å². The van der Waals surface area contributed by atoms with Crippen molar-refractivity contribution in [1.82, 2.24) is 0 Å². The number of nitrogen functional groups attached to an aromatic ring is 2.